The fourth-order valence-corrected chi connectivity index (χ4v) is 3.55. The number of piperidine rings is 1. The number of nitrogens with zero attached hydrogens (tertiary/aromatic N) is 3. The number of nitrogens with one attached hydrogen (secondary N) is 2. The molecule has 150 valence electrons. The minimum absolute atomic E-state index is 0.0447. The molecule has 1 aliphatic rings. The van der Waals surface area contributed by atoms with Gasteiger partial charge in [0.25, 0.3) is 0 Å². The lowest BCUT2D eigenvalue weighted by Gasteiger charge is -2.35. The van der Waals surface area contributed by atoms with Gasteiger partial charge >= 0.3 is 0 Å². The fourth-order valence-electron chi connectivity index (χ4n) is 3.55. The molecule has 6 nitrogen and oxygen atoms in total. The number of hydrogen-bond donors (Lipinski definition) is 2. The molecule has 7 heteroatoms. The quantitative estimate of drug-likeness (QED) is 0.587. The zero-order valence-corrected chi connectivity index (χ0v) is 16.8. The van der Waals surface area contributed by atoms with Gasteiger partial charge in [0.05, 0.1) is 6.04 Å². The summed E-state index contributed by atoms with van der Waals surface area (Å²) >= 11 is 0. The van der Waals surface area contributed by atoms with Crippen molar-refractivity contribution in [2.24, 2.45) is 10.9 Å². The molecule has 1 unspecified atom stereocenters. The van der Waals surface area contributed by atoms with Gasteiger partial charge < -0.3 is 20.4 Å². The van der Waals surface area contributed by atoms with Gasteiger partial charge in [-0.3, -0.25) is 9.79 Å². The topological polar surface area (TPSA) is 60.0 Å². The lowest BCUT2D eigenvalue weighted by molar-refractivity contribution is -0.121. The summed E-state index contributed by atoms with van der Waals surface area (Å²) in [5.41, 5.74) is 0.937. The van der Waals surface area contributed by atoms with E-state index in [9.17, 15) is 9.18 Å². The Bertz CT molecular complexity index is 641. The number of rotatable bonds is 6. The van der Waals surface area contributed by atoms with Crippen molar-refractivity contribution in [3.63, 3.8) is 0 Å². The number of carbonyl (C=O) groups is 1. The zero-order valence-electron chi connectivity index (χ0n) is 16.8. The second-order valence-corrected chi connectivity index (χ2v) is 7.27. The third kappa shape index (κ3) is 6.20. The van der Waals surface area contributed by atoms with Gasteiger partial charge in [0.2, 0.25) is 5.91 Å². The van der Waals surface area contributed by atoms with Gasteiger partial charge in [-0.1, -0.05) is 12.1 Å². The van der Waals surface area contributed by atoms with E-state index >= 15 is 0 Å². The Morgan fingerprint density at radius 2 is 2.07 bits per heavy atom. The van der Waals surface area contributed by atoms with Crippen molar-refractivity contribution in [2.75, 3.05) is 47.8 Å². The standard InChI is InChI=1S/C20H32FN5O/c1-22-19(27)12-15-8-10-26(11-9-15)20(23-2)24-14-18(25(3)4)16-6-5-7-17(21)13-16/h5-7,13,15,18H,8-12,14H2,1-4H3,(H,22,27)(H,23,24). The minimum Gasteiger partial charge on any atom is -0.359 e. The highest BCUT2D eigenvalue weighted by molar-refractivity contribution is 5.80. The second kappa shape index (κ2) is 10.3. The van der Waals surface area contributed by atoms with Crippen LogP contribution in [0, 0.1) is 11.7 Å². The van der Waals surface area contributed by atoms with Crippen LogP contribution in [-0.4, -0.2) is 69.5 Å². The highest BCUT2D eigenvalue weighted by Crippen LogP contribution is 2.21. The Kier molecular flexibility index (Phi) is 8.03. The highest BCUT2D eigenvalue weighted by atomic mass is 19.1. The maximum atomic E-state index is 13.6. The average Bonchev–Trinajstić information content (AvgIpc) is 2.65. The van der Waals surface area contributed by atoms with Crippen molar-refractivity contribution in [3.05, 3.63) is 35.6 Å². The van der Waals surface area contributed by atoms with Crippen LogP contribution in [0.5, 0.6) is 0 Å². The first-order valence-corrected chi connectivity index (χ1v) is 9.52. The molecule has 1 atom stereocenters. The number of carbonyl (C=O) groups excluding carboxylic acids is 1. The van der Waals surface area contributed by atoms with Crippen molar-refractivity contribution in [2.45, 2.75) is 25.3 Å². The Morgan fingerprint density at radius 1 is 1.37 bits per heavy atom. The summed E-state index contributed by atoms with van der Waals surface area (Å²) in [6, 6.07) is 6.78. The summed E-state index contributed by atoms with van der Waals surface area (Å²) in [6.45, 7) is 2.41. The summed E-state index contributed by atoms with van der Waals surface area (Å²) in [5.74, 6) is 1.18. The molecule has 1 heterocycles. The molecule has 1 aromatic rings. The van der Waals surface area contributed by atoms with E-state index in [0.29, 0.717) is 18.9 Å². The van der Waals surface area contributed by atoms with Crippen LogP contribution in [0.15, 0.2) is 29.3 Å². The van der Waals surface area contributed by atoms with Crippen LogP contribution < -0.4 is 10.6 Å². The Morgan fingerprint density at radius 3 is 2.63 bits per heavy atom. The van der Waals surface area contributed by atoms with E-state index < -0.39 is 0 Å². The SMILES string of the molecule is CN=C(NCC(c1cccc(F)c1)N(C)C)N1CCC(CC(=O)NC)CC1. The van der Waals surface area contributed by atoms with Crippen LogP contribution in [-0.2, 0) is 4.79 Å². The van der Waals surface area contributed by atoms with Gasteiger partial charge in [-0.25, -0.2) is 4.39 Å². The van der Waals surface area contributed by atoms with Crippen molar-refractivity contribution in [3.8, 4) is 0 Å². The largest absolute Gasteiger partial charge is 0.359 e. The highest BCUT2D eigenvalue weighted by Gasteiger charge is 2.24. The summed E-state index contributed by atoms with van der Waals surface area (Å²) in [6.07, 6.45) is 2.56. The van der Waals surface area contributed by atoms with Crippen molar-refractivity contribution < 1.29 is 9.18 Å². The Hall–Kier alpha value is -2.15. The number of likely N-dealkylation sites (N-methyl/N-ethyl adjacent to an activating group) is 1. The third-order valence-corrected chi connectivity index (χ3v) is 5.19. The van der Waals surface area contributed by atoms with Gasteiger partial charge in [0, 0.05) is 40.2 Å². The molecule has 0 saturated carbocycles. The predicted octanol–water partition coefficient (Wildman–Crippen LogP) is 1.85. The molecule has 0 aliphatic carbocycles. The third-order valence-electron chi connectivity index (χ3n) is 5.19. The molecule has 1 aromatic carbocycles. The van der Waals surface area contributed by atoms with Crippen LogP contribution in [0.3, 0.4) is 0 Å². The smallest absolute Gasteiger partial charge is 0.220 e. The van der Waals surface area contributed by atoms with E-state index in [1.807, 2.05) is 20.2 Å². The lowest BCUT2D eigenvalue weighted by atomic mass is 9.93. The number of hydrogen-bond acceptors (Lipinski definition) is 3. The zero-order chi connectivity index (χ0) is 19.8. The lowest BCUT2D eigenvalue weighted by Crippen LogP contribution is -2.47. The Balaban J connectivity index is 1.92. The second-order valence-electron chi connectivity index (χ2n) is 7.27. The molecular weight excluding hydrogens is 345 g/mol. The van der Waals surface area contributed by atoms with E-state index in [4.69, 9.17) is 0 Å². The molecule has 0 spiro atoms. The monoisotopic (exact) mass is 377 g/mol. The van der Waals surface area contributed by atoms with E-state index in [1.165, 1.54) is 6.07 Å². The van der Waals surface area contributed by atoms with Crippen molar-refractivity contribution >= 4 is 11.9 Å². The van der Waals surface area contributed by atoms with Crippen LogP contribution >= 0.6 is 0 Å². The van der Waals surface area contributed by atoms with Crippen LogP contribution in [0.2, 0.25) is 0 Å². The summed E-state index contributed by atoms with van der Waals surface area (Å²) < 4.78 is 13.6. The molecule has 1 saturated heterocycles. The number of aliphatic imine (C=N–C) groups is 1. The van der Waals surface area contributed by atoms with Crippen molar-refractivity contribution in [1.82, 2.24) is 20.4 Å². The molecule has 2 rings (SSSR count). The van der Waals surface area contributed by atoms with Gasteiger partial charge in [-0.15, -0.1) is 0 Å². The molecule has 1 amide bonds. The molecular formula is C20H32FN5O. The van der Waals surface area contributed by atoms with Crippen LogP contribution in [0.4, 0.5) is 4.39 Å². The number of halogens is 1. The number of benzene rings is 1. The molecule has 2 N–H and O–H groups in total. The first-order chi connectivity index (χ1) is 12.9. The van der Waals surface area contributed by atoms with Crippen LogP contribution in [0.1, 0.15) is 30.9 Å². The summed E-state index contributed by atoms with van der Waals surface area (Å²) in [4.78, 5) is 20.3. The maximum absolute atomic E-state index is 13.6. The number of amides is 1. The summed E-state index contributed by atoms with van der Waals surface area (Å²) in [5, 5.41) is 6.14. The fraction of sp³-hybridized carbons (Fsp3) is 0.600. The average molecular weight is 378 g/mol. The van der Waals surface area contributed by atoms with E-state index in [0.717, 1.165) is 37.5 Å². The predicted molar refractivity (Wildman–Crippen MR) is 107 cm³/mol. The van der Waals surface area contributed by atoms with Gasteiger partial charge in [0.15, 0.2) is 5.96 Å². The molecule has 1 fully saturated rings. The molecule has 0 bridgehead atoms. The first-order valence-electron chi connectivity index (χ1n) is 9.52. The molecule has 1 aliphatic heterocycles. The van der Waals surface area contributed by atoms with Gasteiger partial charge in [-0.05, 0) is 50.6 Å². The van der Waals surface area contributed by atoms with Crippen LogP contribution in [0.25, 0.3) is 0 Å². The van der Waals surface area contributed by atoms with Gasteiger partial charge in [-0.2, -0.15) is 0 Å². The first kappa shape index (κ1) is 21.2. The van der Waals surface area contributed by atoms with Crippen molar-refractivity contribution in [1.29, 1.82) is 0 Å². The van der Waals surface area contributed by atoms with E-state index in [-0.39, 0.29) is 17.8 Å². The Labute approximate surface area is 161 Å². The van der Waals surface area contributed by atoms with E-state index in [1.54, 1.807) is 26.2 Å². The maximum Gasteiger partial charge on any atom is 0.220 e. The molecule has 0 radical (unpaired) electrons. The number of guanidine groups is 1. The minimum atomic E-state index is -0.220. The van der Waals surface area contributed by atoms with Gasteiger partial charge in [0.1, 0.15) is 5.82 Å². The normalized spacial score (nSPS) is 17.1. The number of likely N-dealkylation sites (tertiary alicyclic amines) is 1. The van der Waals surface area contributed by atoms with E-state index in [2.05, 4.69) is 25.4 Å². The molecule has 0 aromatic heterocycles. The molecule has 27 heavy (non-hydrogen) atoms. The summed E-state index contributed by atoms with van der Waals surface area (Å²) in [7, 11) is 7.45.